The Hall–Kier alpha value is -7.42. The van der Waals surface area contributed by atoms with Crippen molar-refractivity contribution < 1.29 is 79.2 Å². The highest BCUT2D eigenvalue weighted by molar-refractivity contribution is 14.1. The number of Topliss-reactive ketones (excluding diaryl/α,β-unsaturated/α-hetero) is 4. The average Bonchev–Trinajstić information content (AvgIpc) is 0.810. The van der Waals surface area contributed by atoms with Gasteiger partial charge in [-0.15, -0.1) is 0 Å². The van der Waals surface area contributed by atoms with Crippen LogP contribution >= 0.6 is 45.5 Å². The van der Waals surface area contributed by atoms with Gasteiger partial charge in [-0.1, -0.05) is 80.0 Å². The molecule has 103 heavy (non-hydrogen) atoms. The minimum Gasteiger partial charge on any atom is -0.508 e. The number of nitrogens with two attached hydrogens (primary N) is 2. The van der Waals surface area contributed by atoms with Gasteiger partial charge in [-0.2, -0.15) is 0 Å². The van der Waals surface area contributed by atoms with E-state index in [0.29, 0.717) is 35.1 Å². The third kappa shape index (κ3) is 18.1. The third-order valence-electron chi connectivity index (χ3n) is 18.3. The fraction of sp³-hybridized carbons (Fsp3) is 0.412. The second-order valence-electron chi connectivity index (χ2n) is 27.3. The number of benzene rings is 2. The van der Waals surface area contributed by atoms with Gasteiger partial charge in [-0.05, 0) is 175 Å². The molecule has 1 aliphatic heterocycles. The number of rotatable bonds is 8. The van der Waals surface area contributed by atoms with Gasteiger partial charge in [0, 0.05) is 137 Å². The van der Waals surface area contributed by atoms with Crippen LogP contribution < -0.4 is 11.5 Å². The van der Waals surface area contributed by atoms with E-state index in [0.717, 1.165) is 6.68 Å². The lowest BCUT2D eigenvalue weighted by atomic mass is 8.53. The van der Waals surface area contributed by atoms with E-state index in [2.05, 4.69) is 93.1 Å². The second kappa shape index (κ2) is 35.6. The number of hydrogen-bond donors (Lipinski definition) is 10. The number of nitrogens with zero attached hydrogens (tertiary/aromatic N) is 3. The Balaban J connectivity index is 0.000000373. The molecule has 14 radical (unpaired) electrons. The molecule has 9 rings (SSSR count). The molecule has 8 atom stereocenters. The number of aliphatic hydroxyl groups is 6. The molecule has 7 aliphatic rings. The molecule has 0 bridgehead atoms. The van der Waals surface area contributed by atoms with Crippen molar-refractivity contribution in [3.63, 3.8) is 0 Å². The number of halogens is 2. The van der Waals surface area contributed by atoms with E-state index in [1.54, 1.807) is 63.2 Å². The van der Waals surface area contributed by atoms with Crippen LogP contribution in [0.25, 0.3) is 11.5 Å². The number of hydrogen-bond acceptors (Lipinski definition) is 18. The van der Waals surface area contributed by atoms with Gasteiger partial charge in [0.15, 0.2) is 22.8 Å². The lowest BCUT2D eigenvalue weighted by Gasteiger charge is -2.50. The number of ketones is 4. The molecule has 35 heteroatoms. The van der Waals surface area contributed by atoms with Crippen LogP contribution in [0.5, 0.6) is 11.5 Å². The van der Waals surface area contributed by atoms with Gasteiger partial charge in [-0.3, -0.25) is 48.2 Å². The molecule has 21 nitrogen and oxygen atoms in total. The van der Waals surface area contributed by atoms with E-state index >= 15 is 0 Å². The van der Waals surface area contributed by atoms with Crippen molar-refractivity contribution in [2.24, 2.45) is 35.1 Å². The predicted molar refractivity (Wildman–Crippen MR) is 423 cm³/mol. The molecule has 6 aliphatic carbocycles. The summed E-state index contributed by atoms with van der Waals surface area (Å²) < 4.78 is 1.94. The highest BCUT2D eigenvalue weighted by Gasteiger charge is 2.66. The molecule has 4 amide bonds. The zero-order valence-electron chi connectivity index (χ0n) is 57.4. The van der Waals surface area contributed by atoms with E-state index in [4.69, 9.17) is 65.6 Å². The molecule has 1 saturated heterocycles. The number of carbonyl (C=O) groups is 8. The molecule has 0 aromatic heterocycles. The minimum absolute atomic E-state index is 0. The Morgan fingerprint density at radius 2 is 0.951 bits per heavy atom. The quantitative estimate of drug-likeness (QED) is 0.0453. The molecule has 2 aromatic carbocycles. The standard InChI is InChI=1S/C25H29IN2O7.C25H30N2O7.C12H4.C4H4INO2.2CH4.B12/c1-24(2,3)12-8-13(26)10-6-9-7-11-17(28(4)5)20(31)16(23(27)34)22(33)25(11,35)21(32)14(9)19(30)15(10)18(12)29;1-24(2,3)12-7-6-10-8-11-9-13-17(27(4)5)20(30)16(23(26)33)22(32)25(13,34)21(31)15(11)19(29)14(10)18(12)28;1-3-5-7-9-11-12-10-8-6-4-2;5-6-3(7)1-2-4(6)8;;;1-8(2)11(7)12(9(3)4)10(5)6/h8-9,11,17,29-30,33,35H,6-7H2,1-5H3,(H2,27,34);6-7,11,13,17,28-29,32,34H,8-9H2,1-5H3,(H2,26,33);1-2H2;1-2H2;2*1H4;/t9-,11-,17-,25-;11-,13-,17-,25-;;;;;/m00...../s1. The fourth-order valence-electron chi connectivity index (χ4n) is 13.5. The Bertz CT molecular complexity index is 4290. The van der Waals surface area contributed by atoms with E-state index in [9.17, 15) is 79.2 Å². The summed E-state index contributed by atoms with van der Waals surface area (Å²) in [7, 11) is 44.2. The lowest BCUT2D eigenvalue weighted by molar-refractivity contribution is -0.155. The molecule has 2 aromatic rings. The van der Waals surface area contributed by atoms with E-state index in [-0.39, 0.29) is 86.1 Å². The maximum atomic E-state index is 13.8. The number of fused-ring (bicyclic) bond motifs is 6. The number of imide groups is 1. The van der Waals surface area contributed by atoms with Crippen LogP contribution in [0.2, 0.25) is 0 Å². The monoisotopic (exact) mass is 1600 g/mol. The van der Waals surface area contributed by atoms with Crippen LogP contribution in [0.3, 0.4) is 0 Å². The fourth-order valence-corrected chi connectivity index (χ4v) is 14.8. The van der Waals surface area contributed by atoms with Crippen LogP contribution in [0.15, 0.2) is 122 Å². The SMILES string of the molecule is C.C.C=C=C=C=C=C=C=C=C=C=C=C.CN(C)[C@@H]1C(=O)C(C(N)=O)=C(O)[C@@]2(O)C(=O)C3=C(O)c4c(O)c(C(C)(C)C)cc(I)c4C[C@H]3C[C@@H]12.CN(C)[C@@H]1C(=O)C(C(N)=O)=C(O)[C@@]2(O)C(=O)C3=C(O)c4c(ccc(C(C)(C)C)c4O)C[C@H]3C[C@@H]12.O=C1CCC(=O)N1I.[B]B([B])B([B])B(B([B])[B])B([B])[B]. The van der Waals surface area contributed by atoms with Crippen molar-refractivity contribution in [2.75, 3.05) is 28.2 Å². The summed E-state index contributed by atoms with van der Waals surface area (Å²) in [6, 6.07) is 3.26. The lowest BCUT2D eigenvalue weighted by Crippen LogP contribution is -2.67. The van der Waals surface area contributed by atoms with Crippen molar-refractivity contribution in [3.8, 4) is 11.5 Å². The molecular weight excluding hydrogens is 1530 g/mol. The van der Waals surface area contributed by atoms with Crippen LogP contribution in [0, 0.1) is 27.2 Å². The number of likely N-dealkylation sites (N-methyl/N-ethyl adjacent to an activating group) is 2. The Morgan fingerprint density at radius 3 is 1.26 bits per heavy atom. The Kier molecular flexibility index (Phi) is 31.0. The smallest absolute Gasteiger partial charge is 0.255 e. The predicted octanol–water partition coefficient (Wildman–Crippen LogP) is 2.67. The van der Waals surface area contributed by atoms with Crippen LogP contribution in [0.4, 0.5) is 0 Å². The van der Waals surface area contributed by atoms with Crippen molar-refractivity contribution >= 4 is 190 Å². The number of carbonyl (C=O) groups excluding carboxylic acids is 8. The zero-order valence-corrected chi connectivity index (χ0v) is 61.7. The maximum absolute atomic E-state index is 13.8. The van der Waals surface area contributed by atoms with Crippen molar-refractivity contribution in [1.29, 1.82) is 0 Å². The first-order valence-electron chi connectivity index (χ1n) is 31.2. The number of phenols is 2. The molecule has 0 spiro atoms. The Labute approximate surface area is 640 Å². The molecular formula is C68H75B12I2N5O16. The normalized spacial score (nSPS) is 22.4. The van der Waals surface area contributed by atoms with E-state index in [1.165, 1.54) is 9.80 Å². The van der Waals surface area contributed by atoms with Gasteiger partial charge in [0.05, 0.1) is 46.1 Å². The highest BCUT2D eigenvalue weighted by atomic mass is 127. The van der Waals surface area contributed by atoms with Crippen LogP contribution in [-0.2, 0) is 62.0 Å². The van der Waals surface area contributed by atoms with Gasteiger partial charge in [0.1, 0.15) is 45.7 Å². The minimum atomic E-state index is -2.63. The van der Waals surface area contributed by atoms with Gasteiger partial charge in [0.25, 0.3) is 11.8 Å². The number of aliphatic hydroxyl groups excluding tert-OH is 4. The number of amides is 4. The molecule has 518 valence electrons. The third-order valence-corrected chi connectivity index (χ3v) is 20.3. The first kappa shape index (κ1) is 89.8. The van der Waals surface area contributed by atoms with Crippen LogP contribution in [-0.4, -0.2) is 238 Å². The van der Waals surface area contributed by atoms with Gasteiger partial charge >= 0.3 is 0 Å². The first-order chi connectivity index (χ1) is 46.7. The van der Waals surface area contributed by atoms with Crippen molar-refractivity contribution in [1.82, 2.24) is 12.9 Å². The Morgan fingerprint density at radius 1 is 0.592 bits per heavy atom. The first-order valence-corrected chi connectivity index (χ1v) is 33.3. The maximum Gasteiger partial charge on any atom is 0.255 e. The topological polar surface area (TPSA) is 360 Å². The van der Waals surface area contributed by atoms with Crippen LogP contribution in [0.1, 0.15) is 115 Å². The largest absolute Gasteiger partial charge is 0.508 e. The molecule has 1 heterocycles. The van der Waals surface area contributed by atoms with Gasteiger partial charge < -0.3 is 52.3 Å². The molecule has 0 unspecified atom stereocenters. The average molecular weight is 1600 g/mol. The number of aromatic hydroxyl groups is 2. The highest BCUT2D eigenvalue weighted by Crippen LogP contribution is 2.56. The van der Waals surface area contributed by atoms with Gasteiger partial charge in [0.2, 0.25) is 23.4 Å². The van der Waals surface area contributed by atoms with E-state index < -0.39 is 159 Å². The van der Waals surface area contributed by atoms with E-state index in [1.807, 2.05) is 47.6 Å². The second-order valence-corrected chi connectivity index (χ2v) is 29.5. The summed E-state index contributed by atoms with van der Waals surface area (Å²) in [4.78, 5) is 102. The molecule has 12 N–H and O–H groups in total. The summed E-state index contributed by atoms with van der Waals surface area (Å²) in [5.41, 5.74) is 29.7. The number of primary amides is 2. The molecule has 3 fully saturated rings. The summed E-state index contributed by atoms with van der Waals surface area (Å²) in [5.74, 6) is -12.9. The van der Waals surface area contributed by atoms with Crippen molar-refractivity contribution in [2.45, 2.75) is 129 Å². The van der Waals surface area contributed by atoms with Gasteiger partial charge in [-0.25, -0.2) is 3.11 Å². The van der Waals surface area contributed by atoms with Crippen molar-refractivity contribution in [3.05, 3.63) is 159 Å². The summed E-state index contributed by atoms with van der Waals surface area (Å²) in [6.45, 7) is 18.0. The summed E-state index contributed by atoms with van der Waals surface area (Å²) in [5, 5.41) is 89.6. The molecule has 2 saturated carbocycles. The summed E-state index contributed by atoms with van der Waals surface area (Å²) in [6.07, 6.45) is -1.73. The summed E-state index contributed by atoms with van der Waals surface area (Å²) >= 11 is 3.85. The zero-order chi connectivity index (χ0) is 77.0. The number of phenolic OH excluding ortho intramolecular Hbond substituents is 2.